The smallest absolute Gasteiger partial charge is 0.408 e. The zero-order chi connectivity index (χ0) is 19.0. The number of carboxylic acids is 1. The molecule has 0 aliphatic carbocycles. The van der Waals surface area contributed by atoms with Gasteiger partial charge in [0.05, 0.1) is 0 Å². The third kappa shape index (κ3) is 7.01. The lowest BCUT2D eigenvalue weighted by atomic mass is 10.0. The van der Waals surface area contributed by atoms with Crippen LogP contribution in [0.2, 0.25) is 5.02 Å². The van der Waals surface area contributed by atoms with E-state index in [2.05, 4.69) is 5.32 Å². The van der Waals surface area contributed by atoms with Crippen molar-refractivity contribution in [1.29, 1.82) is 0 Å². The summed E-state index contributed by atoms with van der Waals surface area (Å²) in [6.45, 7) is 3.92. The molecule has 0 aliphatic heterocycles. The van der Waals surface area contributed by atoms with Crippen molar-refractivity contribution >= 4 is 29.6 Å². The molecule has 1 rings (SSSR count). The summed E-state index contributed by atoms with van der Waals surface area (Å²) < 4.78 is 0. The molecule has 1 aromatic carbocycles. The molecule has 3 N–H and O–H groups in total. The van der Waals surface area contributed by atoms with Crippen LogP contribution in [-0.2, 0) is 4.79 Å². The summed E-state index contributed by atoms with van der Waals surface area (Å²) in [5.41, 5.74) is 0.408. The maximum absolute atomic E-state index is 12.0. The Labute approximate surface area is 151 Å². The van der Waals surface area contributed by atoms with E-state index in [1.54, 1.807) is 18.2 Å². The van der Waals surface area contributed by atoms with Gasteiger partial charge in [-0.3, -0.25) is 9.69 Å². The summed E-state index contributed by atoms with van der Waals surface area (Å²) in [6.07, 6.45) is -0.744. The van der Waals surface area contributed by atoms with Crippen LogP contribution in [0.3, 0.4) is 0 Å². The standard InChI is InChI=1S/C17H23ClN2O5/c1-11(2)9-14(16(22)23)20(17(24)25)8-4-7-19-15(21)12-5-3-6-13(18)10-12/h3,5-6,10-11,14H,4,7-9H2,1-2H3,(H,19,21)(H,22,23)(H,24,25). The Bertz CT molecular complexity index is 621. The van der Waals surface area contributed by atoms with Crippen molar-refractivity contribution < 1.29 is 24.6 Å². The van der Waals surface area contributed by atoms with Crippen LogP contribution in [0.5, 0.6) is 0 Å². The first-order chi connectivity index (χ1) is 11.7. The third-order valence-corrected chi connectivity index (χ3v) is 3.78. The van der Waals surface area contributed by atoms with Crippen molar-refractivity contribution in [2.45, 2.75) is 32.7 Å². The first-order valence-electron chi connectivity index (χ1n) is 7.98. The topological polar surface area (TPSA) is 107 Å². The van der Waals surface area contributed by atoms with Gasteiger partial charge in [-0.2, -0.15) is 0 Å². The number of carbonyl (C=O) groups is 3. The molecule has 25 heavy (non-hydrogen) atoms. The molecule has 0 radical (unpaired) electrons. The lowest BCUT2D eigenvalue weighted by Gasteiger charge is -2.27. The molecule has 138 valence electrons. The number of hydrogen-bond acceptors (Lipinski definition) is 3. The van der Waals surface area contributed by atoms with Crippen LogP contribution in [0.1, 0.15) is 37.0 Å². The zero-order valence-corrected chi connectivity index (χ0v) is 15.0. The number of carboxylic acid groups (broad SMARTS) is 2. The molecule has 0 aromatic heterocycles. The van der Waals surface area contributed by atoms with Gasteiger partial charge in [-0.25, -0.2) is 9.59 Å². The molecule has 0 saturated heterocycles. The van der Waals surface area contributed by atoms with Gasteiger partial charge in [0.1, 0.15) is 6.04 Å². The Morgan fingerprint density at radius 2 is 1.92 bits per heavy atom. The van der Waals surface area contributed by atoms with Crippen molar-refractivity contribution in [2.75, 3.05) is 13.1 Å². The number of carbonyl (C=O) groups excluding carboxylic acids is 1. The van der Waals surface area contributed by atoms with Crippen molar-refractivity contribution in [2.24, 2.45) is 5.92 Å². The van der Waals surface area contributed by atoms with Crippen molar-refractivity contribution in [3.8, 4) is 0 Å². The number of aliphatic carboxylic acids is 1. The summed E-state index contributed by atoms with van der Waals surface area (Å²) in [4.78, 5) is 35.6. The molecule has 0 fully saturated rings. The molecule has 0 spiro atoms. The summed E-state index contributed by atoms with van der Waals surface area (Å²) >= 11 is 5.83. The Balaban J connectivity index is 2.56. The van der Waals surface area contributed by atoms with Crippen molar-refractivity contribution in [1.82, 2.24) is 10.2 Å². The van der Waals surface area contributed by atoms with Gasteiger partial charge in [0.15, 0.2) is 0 Å². The quantitative estimate of drug-likeness (QED) is 0.579. The molecule has 0 heterocycles. The Morgan fingerprint density at radius 1 is 1.24 bits per heavy atom. The number of halogens is 1. The second kappa shape index (κ2) is 9.88. The van der Waals surface area contributed by atoms with E-state index in [4.69, 9.17) is 11.6 Å². The average molecular weight is 371 g/mol. The fourth-order valence-electron chi connectivity index (χ4n) is 2.38. The van der Waals surface area contributed by atoms with Crippen molar-refractivity contribution in [3.05, 3.63) is 34.9 Å². The fourth-order valence-corrected chi connectivity index (χ4v) is 2.57. The molecular formula is C17H23ClN2O5. The number of hydrogen-bond donors (Lipinski definition) is 3. The van der Waals surface area contributed by atoms with E-state index in [1.807, 2.05) is 13.8 Å². The summed E-state index contributed by atoms with van der Waals surface area (Å²) in [5, 5.41) is 21.7. The van der Waals surface area contributed by atoms with Gasteiger partial charge in [0, 0.05) is 23.7 Å². The minimum absolute atomic E-state index is 0.0227. The number of rotatable bonds is 9. The van der Waals surface area contributed by atoms with Crippen LogP contribution in [0.25, 0.3) is 0 Å². The Morgan fingerprint density at radius 3 is 2.44 bits per heavy atom. The second-order valence-corrected chi connectivity index (χ2v) is 6.52. The molecule has 1 atom stereocenters. The van der Waals surface area contributed by atoms with Gasteiger partial charge in [0.2, 0.25) is 0 Å². The molecule has 2 amide bonds. The van der Waals surface area contributed by atoms with Gasteiger partial charge >= 0.3 is 12.1 Å². The largest absolute Gasteiger partial charge is 0.480 e. The number of nitrogens with zero attached hydrogens (tertiary/aromatic N) is 1. The van der Waals surface area contributed by atoms with Crippen LogP contribution in [0.4, 0.5) is 4.79 Å². The minimum Gasteiger partial charge on any atom is -0.480 e. The molecule has 1 unspecified atom stereocenters. The second-order valence-electron chi connectivity index (χ2n) is 6.08. The normalized spacial score (nSPS) is 11.8. The monoisotopic (exact) mass is 370 g/mol. The molecule has 0 bridgehead atoms. The molecule has 1 aromatic rings. The van der Waals surface area contributed by atoms with E-state index in [0.717, 1.165) is 4.90 Å². The highest BCUT2D eigenvalue weighted by molar-refractivity contribution is 6.30. The van der Waals surface area contributed by atoms with E-state index in [1.165, 1.54) is 6.07 Å². The number of amides is 2. The van der Waals surface area contributed by atoms with E-state index in [9.17, 15) is 24.6 Å². The predicted molar refractivity (Wildman–Crippen MR) is 94.0 cm³/mol. The fraction of sp³-hybridized carbons (Fsp3) is 0.471. The first kappa shape index (κ1) is 20.8. The van der Waals surface area contributed by atoms with Crippen LogP contribution in [0.15, 0.2) is 24.3 Å². The third-order valence-electron chi connectivity index (χ3n) is 3.55. The molecule has 0 aliphatic rings. The van der Waals surface area contributed by atoms with Crippen LogP contribution in [0, 0.1) is 5.92 Å². The summed E-state index contributed by atoms with van der Waals surface area (Å²) in [5.74, 6) is -1.44. The van der Waals surface area contributed by atoms with Crippen LogP contribution < -0.4 is 5.32 Å². The maximum Gasteiger partial charge on any atom is 0.408 e. The van der Waals surface area contributed by atoms with Gasteiger partial charge in [-0.1, -0.05) is 31.5 Å². The van der Waals surface area contributed by atoms with Gasteiger partial charge in [-0.15, -0.1) is 0 Å². The molecule has 0 saturated carbocycles. The predicted octanol–water partition coefficient (Wildman–Crippen LogP) is 2.94. The Hall–Kier alpha value is -2.28. The lowest BCUT2D eigenvalue weighted by molar-refractivity contribution is -0.143. The zero-order valence-electron chi connectivity index (χ0n) is 14.2. The number of benzene rings is 1. The molecule has 8 heteroatoms. The lowest BCUT2D eigenvalue weighted by Crippen LogP contribution is -2.46. The SMILES string of the molecule is CC(C)CC(C(=O)O)N(CCCNC(=O)c1cccc(Cl)c1)C(=O)O. The van der Waals surface area contributed by atoms with E-state index in [-0.39, 0.29) is 31.3 Å². The number of nitrogens with one attached hydrogen (secondary N) is 1. The highest BCUT2D eigenvalue weighted by Crippen LogP contribution is 2.13. The van der Waals surface area contributed by atoms with Crippen LogP contribution >= 0.6 is 11.6 Å². The van der Waals surface area contributed by atoms with Gasteiger partial charge < -0.3 is 15.5 Å². The Kier molecular flexibility index (Phi) is 8.21. The van der Waals surface area contributed by atoms with E-state index in [0.29, 0.717) is 17.0 Å². The highest BCUT2D eigenvalue weighted by Gasteiger charge is 2.29. The maximum atomic E-state index is 12.0. The van der Waals surface area contributed by atoms with Gasteiger partial charge in [0.25, 0.3) is 5.91 Å². The van der Waals surface area contributed by atoms with Gasteiger partial charge in [-0.05, 0) is 37.0 Å². The minimum atomic E-state index is -1.28. The molecule has 7 nitrogen and oxygen atoms in total. The first-order valence-corrected chi connectivity index (χ1v) is 8.36. The average Bonchev–Trinajstić information content (AvgIpc) is 2.52. The van der Waals surface area contributed by atoms with Crippen LogP contribution in [-0.4, -0.2) is 52.2 Å². The highest BCUT2D eigenvalue weighted by atomic mass is 35.5. The van der Waals surface area contributed by atoms with E-state index < -0.39 is 18.1 Å². The van der Waals surface area contributed by atoms with Crippen molar-refractivity contribution in [3.63, 3.8) is 0 Å². The summed E-state index contributed by atoms with van der Waals surface area (Å²) in [6, 6.07) is 5.37. The molecular weight excluding hydrogens is 348 g/mol. The summed E-state index contributed by atoms with van der Waals surface area (Å²) in [7, 11) is 0. The van der Waals surface area contributed by atoms with E-state index >= 15 is 0 Å².